The molecule has 0 aliphatic heterocycles. The maximum Gasteiger partial charge on any atom is 0.251 e. The Morgan fingerprint density at radius 2 is 2.00 bits per heavy atom. The van der Waals surface area contributed by atoms with Crippen LogP contribution in [0.15, 0.2) is 37.0 Å². The molecule has 0 aromatic heterocycles. The summed E-state index contributed by atoms with van der Waals surface area (Å²) in [5.74, 6) is -0.248. The first kappa shape index (κ1) is 18.6. The minimum atomic E-state index is -1.16. The van der Waals surface area contributed by atoms with Gasteiger partial charge in [-0.1, -0.05) is 37.0 Å². The monoisotopic (exact) mass is 280 g/mol. The molecule has 1 rings (SSSR count). The zero-order chi connectivity index (χ0) is 15.4. The van der Waals surface area contributed by atoms with Gasteiger partial charge in [-0.15, -0.1) is 0 Å². The van der Waals surface area contributed by atoms with Crippen molar-refractivity contribution in [2.24, 2.45) is 5.73 Å². The van der Waals surface area contributed by atoms with Gasteiger partial charge in [0, 0.05) is 12.6 Å². The standard InChI is InChI=1S/C9H18N2O2.C7H10/c1-2-11-8(12)9(13)5-3-7(10)4-6-9;1-3-5-7-6-4-2/h7,13H,2-6,10H2,1H3,(H,11,12);3-7H,1H2,2H3/b;6-4-,7-5-. The lowest BCUT2D eigenvalue weighted by molar-refractivity contribution is -0.143. The van der Waals surface area contributed by atoms with Gasteiger partial charge in [-0.3, -0.25) is 4.79 Å². The number of amides is 1. The van der Waals surface area contributed by atoms with E-state index in [0.717, 1.165) is 12.8 Å². The molecule has 4 heteroatoms. The average molecular weight is 280 g/mol. The molecule has 0 saturated heterocycles. The number of carbonyl (C=O) groups excluding carboxylic acids is 1. The van der Waals surface area contributed by atoms with Crippen molar-refractivity contribution < 1.29 is 9.90 Å². The molecule has 0 unspecified atom stereocenters. The maximum absolute atomic E-state index is 11.4. The Labute approximate surface area is 122 Å². The predicted molar refractivity (Wildman–Crippen MR) is 84.2 cm³/mol. The van der Waals surface area contributed by atoms with Crippen LogP contribution >= 0.6 is 0 Å². The molecule has 114 valence electrons. The van der Waals surface area contributed by atoms with E-state index < -0.39 is 5.60 Å². The summed E-state index contributed by atoms with van der Waals surface area (Å²) in [5.41, 5.74) is 4.53. The summed E-state index contributed by atoms with van der Waals surface area (Å²) in [4.78, 5) is 11.4. The molecule has 0 radical (unpaired) electrons. The van der Waals surface area contributed by atoms with Crippen molar-refractivity contribution in [3.05, 3.63) is 37.0 Å². The van der Waals surface area contributed by atoms with Crippen LogP contribution in [0.4, 0.5) is 0 Å². The summed E-state index contributed by atoms with van der Waals surface area (Å²) in [6.45, 7) is 7.90. The van der Waals surface area contributed by atoms with E-state index >= 15 is 0 Å². The molecule has 0 bridgehead atoms. The van der Waals surface area contributed by atoms with E-state index in [2.05, 4.69) is 11.9 Å². The molecule has 1 fully saturated rings. The fraction of sp³-hybridized carbons (Fsp3) is 0.562. The molecule has 0 aromatic carbocycles. The zero-order valence-corrected chi connectivity index (χ0v) is 12.6. The predicted octanol–water partition coefficient (Wildman–Crippen LogP) is 2.06. The second kappa shape index (κ2) is 10.4. The largest absolute Gasteiger partial charge is 0.380 e. The summed E-state index contributed by atoms with van der Waals surface area (Å²) in [5, 5.41) is 12.6. The molecule has 0 atom stereocenters. The summed E-state index contributed by atoms with van der Waals surface area (Å²) >= 11 is 0. The van der Waals surface area contributed by atoms with Gasteiger partial charge in [-0.2, -0.15) is 0 Å². The molecule has 0 aromatic rings. The Bertz CT molecular complexity index is 340. The summed E-state index contributed by atoms with van der Waals surface area (Å²) in [6, 6.07) is 0.148. The van der Waals surface area contributed by atoms with Gasteiger partial charge in [0.15, 0.2) is 0 Å². The summed E-state index contributed by atoms with van der Waals surface area (Å²) in [6.07, 6.45) is 11.9. The SMILES string of the molecule is C=C/C=C\C=C/C.CCNC(=O)C1(O)CCC(N)CC1. The van der Waals surface area contributed by atoms with E-state index in [9.17, 15) is 9.90 Å². The van der Waals surface area contributed by atoms with Gasteiger partial charge < -0.3 is 16.2 Å². The van der Waals surface area contributed by atoms with E-state index in [1.165, 1.54) is 0 Å². The number of allylic oxidation sites excluding steroid dienone is 5. The number of aliphatic hydroxyl groups is 1. The minimum Gasteiger partial charge on any atom is -0.380 e. The van der Waals surface area contributed by atoms with Crippen molar-refractivity contribution in [3.63, 3.8) is 0 Å². The van der Waals surface area contributed by atoms with Crippen LogP contribution in [-0.2, 0) is 4.79 Å². The Morgan fingerprint density at radius 3 is 2.45 bits per heavy atom. The van der Waals surface area contributed by atoms with Crippen molar-refractivity contribution in [1.82, 2.24) is 5.32 Å². The third-order valence-electron chi connectivity index (χ3n) is 3.17. The summed E-state index contributed by atoms with van der Waals surface area (Å²) in [7, 11) is 0. The first-order chi connectivity index (χ1) is 9.50. The van der Waals surface area contributed by atoms with Crippen molar-refractivity contribution in [2.45, 2.75) is 51.2 Å². The average Bonchev–Trinajstić information content (AvgIpc) is 2.44. The smallest absolute Gasteiger partial charge is 0.251 e. The van der Waals surface area contributed by atoms with E-state index in [1.807, 2.05) is 38.2 Å². The number of hydrogen-bond donors (Lipinski definition) is 3. The van der Waals surface area contributed by atoms with Crippen molar-refractivity contribution in [2.75, 3.05) is 6.54 Å². The van der Waals surface area contributed by atoms with Crippen molar-refractivity contribution >= 4 is 5.91 Å². The van der Waals surface area contributed by atoms with Crippen LogP contribution in [0.5, 0.6) is 0 Å². The second-order valence-electron chi connectivity index (χ2n) is 4.87. The van der Waals surface area contributed by atoms with Gasteiger partial charge in [-0.05, 0) is 39.5 Å². The fourth-order valence-electron chi connectivity index (χ4n) is 1.92. The minimum absolute atomic E-state index is 0.148. The quantitative estimate of drug-likeness (QED) is 0.690. The van der Waals surface area contributed by atoms with E-state index in [4.69, 9.17) is 5.73 Å². The number of rotatable bonds is 4. The molecule has 0 heterocycles. The van der Waals surface area contributed by atoms with E-state index in [1.54, 1.807) is 6.08 Å². The third-order valence-corrected chi connectivity index (χ3v) is 3.17. The second-order valence-corrected chi connectivity index (χ2v) is 4.87. The Kier molecular flexibility index (Phi) is 9.68. The van der Waals surface area contributed by atoms with Crippen LogP contribution in [0.25, 0.3) is 0 Å². The van der Waals surface area contributed by atoms with E-state index in [0.29, 0.717) is 19.4 Å². The number of hydrogen-bond acceptors (Lipinski definition) is 3. The van der Waals surface area contributed by atoms with E-state index in [-0.39, 0.29) is 11.9 Å². The van der Waals surface area contributed by atoms with Crippen LogP contribution in [0, 0.1) is 0 Å². The lowest BCUT2D eigenvalue weighted by atomic mass is 9.82. The third kappa shape index (κ3) is 7.26. The summed E-state index contributed by atoms with van der Waals surface area (Å²) < 4.78 is 0. The van der Waals surface area contributed by atoms with Gasteiger partial charge in [0.05, 0.1) is 0 Å². The van der Waals surface area contributed by atoms with Crippen LogP contribution in [0.1, 0.15) is 39.5 Å². The zero-order valence-electron chi connectivity index (χ0n) is 12.6. The molecular weight excluding hydrogens is 252 g/mol. The molecule has 4 nitrogen and oxygen atoms in total. The molecule has 1 amide bonds. The highest BCUT2D eigenvalue weighted by atomic mass is 16.3. The number of carbonyl (C=O) groups is 1. The van der Waals surface area contributed by atoms with Crippen LogP contribution in [0.2, 0.25) is 0 Å². The fourth-order valence-corrected chi connectivity index (χ4v) is 1.92. The first-order valence-corrected chi connectivity index (χ1v) is 7.16. The number of nitrogens with two attached hydrogens (primary N) is 1. The normalized spacial score (nSPS) is 26.1. The van der Waals surface area contributed by atoms with Crippen molar-refractivity contribution in [1.29, 1.82) is 0 Å². The number of likely N-dealkylation sites (N-methyl/N-ethyl adjacent to an activating group) is 1. The molecule has 1 saturated carbocycles. The first-order valence-electron chi connectivity index (χ1n) is 7.16. The molecule has 1 aliphatic carbocycles. The highest BCUT2D eigenvalue weighted by Crippen LogP contribution is 2.27. The van der Waals surface area contributed by atoms with Gasteiger partial charge in [0.25, 0.3) is 5.91 Å². The Morgan fingerprint density at radius 1 is 1.40 bits per heavy atom. The number of nitrogens with one attached hydrogen (secondary N) is 1. The lowest BCUT2D eigenvalue weighted by Crippen LogP contribution is -2.50. The van der Waals surface area contributed by atoms with Gasteiger partial charge >= 0.3 is 0 Å². The van der Waals surface area contributed by atoms with Gasteiger partial charge in [0.1, 0.15) is 5.60 Å². The maximum atomic E-state index is 11.4. The molecule has 1 aliphatic rings. The van der Waals surface area contributed by atoms with Crippen LogP contribution in [0.3, 0.4) is 0 Å². The topological polar surface area (TPSA) is 75.3 Å². The van der Waals surface area contributed by atoms with Crippen LogP contribution in [-0.4, -0.2) is 29.2 Å². The Hall–Kier alpha value is -1.39. The molecule has 4 N–H and O–H groups in total. The molecular formula is C16H28N2O2. The van der Waals surface area contributed by atoms with Crippen molar-refractivity contribution in [3.8, 4) is 0 Å². The highest BCUT2D eigenvalue weighted by molar-refractivity contribution is 5.84. The molecule has 0 spiro atoms. The van der Waals surface area contributed by atoms with Crippen LogP contribution < -0.4 is 11.1 Å². The van der Waals surface area contributed by atoms with Gasteiger partial charge in [0.2, 0.25) is 0 Å². The van der Waals surface area contributed by atoms with Gasteiger partial charge in [-0.25, -0.2) is 0 Å². The highest BCUT2D eigenvalue weighted by Gasteiger charge is 2.38. The molecule has 20 heavy (non-hydrogen) atoms. The Balaban J connectivity index is 0.000000441. The lowest BCUT2D eigenvalue weighted by Gasteiger charge is -2.33.